The summed E-state index contributed by atoms with van der Waals surface area (Å²) in [4.78, 5) is 10.6. The summed E-state index contributed by atoms with van der Waals surface area (Å²) in [7, 11) is 0. The first-order valence-electron chi connectivity index (χ1n) is 3.63. The monoisotopic (exact) mass is 165 g/mol. The molecule has 1 aromatic heterocycles. The van der Waals surface area contributed by atoms with Crippen LogP contribution in [0.25, 0.3) is 0 Å². The van der Waals surface area contributed by atoms with Crippen LogP contribution in [-0.4, -0.2) is 16.0 Å². The lowest BCUT2D eigenvalue weighted by Crippen LogP contribution is -1.96. The van der Waals surface area contributed by atoms with Gasteiger partial charge in [0, 0.05) is 11.9 Å². The summed E-state index contributed by atoms with van der Waals surface area (Å²) in [6.07, 6.45) is 4.90. The summed E-state index contributed by atoms with van der Waals surface area (Å²) in [5.41, 5.74) is 1.66. The van der Waals surface area contributed by atoms with E-state index >= 15 is 0 Å². The second-order valence-electron chi connectivity index (χ2n) is 2.55. The van der Waals surface area contributed by atoms with Crippen LogP contribution in [0.1, 0.15) is 13.8 Å². The lowest BCUT2D eigenvalue weighted by atomic mass is 10.3. The maximum atomic E-state index is 10.6. The summed E-state index contributed by atoms with van der Waals surface area (Å²) < 4.78 is 0. The average Bonchev–Trinajstić information content (AvgIpc) is 2.37. The predicted molar refractivity (Wildman–Crippen MR) is 46.6 cm³/mol. The number of ketones is 1. The van der Waals surface area contributed by atoms with Gasteiger partial charge in [-0.2, -0.15) is 5.10 Å². The molecule has 0 unspecified atom stereocenters. The van der Waals surface area contributed by atoms with Crippen molar-refractivity contribution in [3.63, 3.8) is 0 Å². The highest BCUT2D eigenvalue weighted by molar-refractivity contribution is 5.88. The van der Waals surface area contributed by atoms with Gasteiger partial charge in [0.2, 0.25) is 0 Å². The van der Waals surface area contributed by atoms with Gasteiger partial charge >= 0.3 is 0 Å². The molecule has 12 heavy (non-hydrogen) atoms. The molecule has 0 aromatic carbocycles. The Morgan fingerprint density at radius 3 is 2.92 bits per heavy atom. The van der Waals surface area contributed by atoms with Gasteiger partial charge in [0.15, 0.2) is 5.78 Å². The molecule has 0 aliphatic heterocycles. The number of aromatic nitrogens is 2. The first-order valence-corrected chi connectivity index (χ1v) is 3.63. The number of allylic oxidation sites excluding steroid dienone is 2. The van der Waals surface area contributed by atoms with Gasteiger partial charge in [-0.3, -0.25) is 9.89 Å². The molecule has 0 saturated carbocycles. The summed E-state index contributed by atoms with van der Waals surface area (Å²) in [5, 5.41) is 9.42. The molecule has 4 heteroatoms. The minimum absolute atomic E-state index is 0.0310. The first kappa shape index (κ1) is 8.52. The predicted octanol–water partition coefficient (Wildman–Crippen LogP) is 1.31. The van der Waals surface area contributed by atoms with Gasteiger partial charge in [0.25, 0.3) is 0 Å². The average molecular weight is 165 g/mol. The van der Waals surface area contributed by atoms with E-state index in [0.717, 1.165) is 11.4 Å². The fourth-order valence-electron chi connectivity index (χ4n) is 0.888. The molecule has 0 radical (unpaired) electrons. The largest absolute Gasteiger partial charge is 0.357 e. The van der Waals surface area contributed by atoms with E-state index in [9.17, 15) is 4.79 Å². The number of H-pyrrole nitrogens is 1. The molecule has 0 aliphatic rings. The zero-order valence-corrected chi connectivity index (χ0v) is 7.09. The third-order valence-corrected chi connectivity index (χ3v) is 1.26. The smallest absolute Gasteiger partial charge is 0.154 e. The van der Waals surface area contributed by atoms with Crippen molar-refractivity contribution in [2.24, 2.45) is 0 Å². The maximum absolute atomic E-state index is 10.6. The minimum Gasteiger partial charge on any atom is -0.357 e. The fourth-order valence-corrected chi connectivity index (χ4v) is 0.888. The Kier molecular flexibility index (Phi) is 2.63. The van der Waals surface area contributed by atoms with E-state index in [0.29, 0.717) is 0 Å². The summed E-state index contributed by atoms with van der Waals surface area (Å²) in [6, 6.07) is 0. The summed E-state index contributed by atoms with van der Waals surface area (Å²) in [6.45, 7) is 3.34. The van der Waals surface area contributed by atoms with Gasteiger partial charge in [-0.1, -0.05) is 0 Å². The van der Waals surface area contributed by atoms with E-state index in [1.165, 1.54) is 13.0 Å². The number of carbonyl (C=O) groups is 1. The molecule has 2 N–H and O–H groups in total. The van der Waals surface area contributed by atoms with Crippen molar-refractivity contribution >= 4 is 11.5 Å². The Morgan fingerprint density at radius 1 is 1.67 bits per heavy atom. The van der Waals surface area contributed by atoms with Gasteiger partial charge in [0.05, 0.1) is 11.9 Å². The van der Waals surface area contributed by atoms with Crippen LogP contribution >= 0.6 is 0 Å². The molecule has 1 aromatic rings. The van der Waals surface area contributed by atoms with Crippen molar-refractivity contribution in [1.82, 2.24) is 10.2 Å². The lowest BCUT2D eigenvalue weighted by molar-refractivity contribution is -0.112. The van der Waals surface area contributed by atoms with Crippen LogP contribution in [-0.2, 0) is 4.79 Å². The molecule has 1 heterocycles. The number of hydrogen-bond donors (Lipinski definition) is 2. The van der Waals surface area contributed by atoms with Crippen molar-refractivity contribution in [2.75, 3.05) is 5.32 Å². The van der Waals surface area contributed by atoms with Crippen LogP contribution in [0.2, 0.25) is 0 Å². The van der Waals surface area contributed by atoms with E-state index in [4.69, 9.17) is 0 Å². The number of nitrogens with zero attached hydrogens (tertiary/aromatic N) is 1. The quantitative estimate of drug-likeness (QED) is 0.664. The highest BCUT2D eigenvalue weighted by Gasteiger charge is 1.93. The second kappa shape index (κ2) is 3.71. The van der Waals surface area contributed by atoms with Crippen LogP contribution in [0.3, 0.4) is 0 Å². The number of rotatable bonds is 3. The molecule has 0 atom stereocenters. The highest BCUT2D eigenvalue weighted by Crippen LogP contribution is 2.05. The molecular weight excluding hydrogens is 154 g/mol. The molecule has 0 aliphatic carbocycles. The molecule has 1 rings (SSSR count). The Hall–Kier alpha value is -1.58. The highest BCUT2D eigenvalue weighted by atomic mass is 16.1. The van der Waals surface area contributed by atoms with Gasteiger partial charge in [-0.05, 0) is 19.9 Å². The molecule has 0 fully saturated rings. The van der Waals surface area contributed by atoms with Crippen LogP contribution < -0.4 is 5.32 Å². The molecule has 4 nitrogen and oxygen atoms in total. The Labute approximate surface area is 70.7 Å². The van der Waals surface area contributed by atoms with Crippen molar-refractivity contribution < 1.29 is 4.79 Å². The van der Waals surface area contributed by atoms with E-state index in [2.05, 4.69) is 15.5 Å². The minimum atomic E-state index is 0.0310. The molecule has 0 spiro atoms. The molecule has 0 bridgehead atoms. The van der Waals surface area contributed by atoms with Gasteiger partial charge in [0.1, 0.15) is 0 Å². The first-order chi connectivity index (χ1) is 5.68. The van der Waals surface area contributed by atoms with Crippen molar-refractivity contribution in [3.05, 3.63) is 24.2 Å². The number of anilines is 1. The van der Waals surface area contributed by atoms with Crippen molar-refractivity contribution in [3.8, 4) is 0 Å². The van der Waals surface area contributed by atoms with Gasteiger partial charge < -0.3 is 5.32 Å². The van der Waals surface area contributed by atoms with Crippen LogP contribution in [0, 0.1) is 0 Å². The Balaban J connectivity index is 2.58. The summed E-state index contributed by atoms with van der Waals surface area (Å²) in [5.74, 6) is 0.0310. The van der Waals surface area contributed by atoms with Crippen LogP contribution in [0.5, 0.6) is 0 Å². The number of nitrogens with one attached hydrogen (secondary N) is 2. The van der Waals surface area contributed by atoms with Gasteiger partial charge in [-0.25, -0.2) is 0 Å². The standard InChI is InChI=1S/C8H11N3O/c1-6(3-7(2)12)11-8-4-9-10-5-8/h3-5,11H,1-2H3,(H,9,10)/b6-3+. The Bertz CT molecular complexity index is 287. The zero-order chi connectivity index (χ0) is 8.97. The normalized spacial score (nSPS) is 11.3. The lowest BCUT2D eigenvalue weighted by Gasteiger charge is -2.00. The maximum Gasteiger partial charge on any atom is 0.154 e. The van der Waals surface area contributed by atoms with Gasteiger partial charge in [-0.15, -0.1) is 0 Å². The second-order valence-corrected chi connectivity index (χ2v) is 2.55. The fraction of sp³-hybridized carbons (Fsp3) is 0.250. The zero-order valence-electron chi connectivity index (χ0n) is 7.09. The van der Waals surface area contributed by atoms with E-state index < -0.39 is 0 Å². The third-order valence-electron chi connectivity index (χ3n) is 1.26. The van der Waals surface area contributed by atoms with E-state index in [1.54, 1.807) is 12.4 Å². The Morgan fingerprint density at radius 2 is 2.42 bits per heavy atom. The number of hydrogen-bond acceptors (Lipinski definition) is 3. The summed E-state index contributed by atoms with van der Waals surface area (Å²) >= 11 is 0. The van der Waals surface area contributed by atoms with Crippen LogP contribution in [0.4, 0.5) is 5.69 Å². The third kappa shape index (κ3) is 2.57. The number of aromatic amines is 1. The van der Waals surface area contributed by atoms with E-state index in [-0.39, 0.29) is 5.78 Å². The van der Waals surface area contributed by atoms with E-state index in [1.807, 2.05) is 6.92 Å². The topological polar surface area (TPSA) is 57.8 Å². The van der Waals surface area contributed by atoms with Crippen molar-refractivity contribution in [1.29, 1.82) is 0 Å². The van der Waals surface area contributed by atoms with Crippen LogP contribution in [0.15, 0.2) is 24.2 Å². The number of carbonyl (C=O) groups excluding carboxylic acids is 1. The molecule has 0 saturated heterocycles. The molecular formula is C8H11N3O. The molecule has 0 amide bonds. The van der Waals surface area contributed by atoms with Crippen molar-refractivity contribution in [2.45, 2.75) is 13.8 Å². The SMILES string of the molecule is CC(=O)/C=C(\C)Nc1cn[nH]c1. The molecule has 64 valence electrons.